The average molecular weight is 450 g/mol. The first kappa shape index (κ1) is 22.2. The summed E-state index contributed by atoms with van der Waals surface area (Å²) in [5.74, 6) is -0.716. The predicted octanol–water partition coefficient (Wildman–Crippen LogP) is 1.64. The third-order valence-electron chi connectivity index (χ3n) is 4.67. The Kier molecular flexibility index (Phi) is 7.78. The summed E-state index contributed by atoms with van der Waals surface area (Å²) in [6.07, 6.45) is 0.876. The molecule has 1 aromatic carbocycles. The van der Waals surface area contributed by atoms with Crippen LogP contribution in [-0.2, 0) is 16.0 Å². The summed E-state index contributed by atoms with van der Waals surface area (Å²) < 4.78 is 0. The van der Waals surface area contributed by atoms with Crippen molar-refractivity contribution in [3.63, 3.8) is 0 Å². The highest BCUT2D eigenvalue weighted by Crippen LogP contribution is 2.18. The van der Waals surface area contributed by atoms with Gasteiger partial charge in [-0.15, -0.1) is 11.3 Å². The topological polar surface area (TPSA) is 94.6 Å². The molecule has 30 heavy (non-hydrogen) atoms. The minimum Gasteiger partial charge on any atom is -0.337 e. The van der Waals surface area contributed by atoms with Crippen molar-refractivity contribution in [1.82, 2.24) is 25.6 Å². The molecule has 0 aliphatic carbocycles. The first-order valence-electron chi connectivity index (χ1n) is 9.67. The molecule has 0 unspecified atom stereocenters. The van der Waals surface area contributed by atoms with Gasteiger partial charge >= 0.3 is 0 Å². The van der Waals surface area contributed by atoms with Crippen molar-refractivity contribution in [2.24, 2.45) is 0 Å². The highest BCUT2D eigenvalue weighted by Gasteiger charge is 2.22. The van der Waals surface area contributed by atoms with Crippen molar-refractivity contribution in [2.75, 3.05) is 32.7 Å². The second-order valence-corrected chi connectivity index (χ2v) is 8.41. The molecule has 1 aliphatic heterocycles. The molecule has 3 rings (SSSR count). The van der Waals surface area contributed by atoms with Crippen LogP contribution in [0.1, 0.15) is 27.5 Å². The lowest BCUT2D eigenvalue weighted by atomic mass is 10.2. The van der Waals surface area contributed by atoms with Crippen molar-refractivity contribution in [3.8, 4) is 0 Å². The van der Waals surface area contributed by atoms with E-state index in [0.29, 0.717) is 41.8 Å². The van der Waals surface area contributed by atoms with E-state index in [1.165, 1.54) is 11.3 Å². The Hall–Kier alpha value is -2.49. The van der Waals surface area contributed by atoms with Crippen molar-refractivity contribution in [2.45, 2.75) is 19.8 Å². The summed E-state index contributed by atoms with van der Waals surface area (Å²) >= 11 is 7.55. The molecule has 2 aromatic rings. The van der Waals surface area contributed by atoms with Crippen LogP contribution in [0.25, 0.3) is 0 Å². The standard InChI is InChI=1S/C20H24ClN5O3S/c1-14-13-30-19(22-14)11-17(27)23-24-18(28)12-25-7-4-8-26(10-9-25)20(29)15-5-2-3-6-16(15)21/h2-3,5-6,13H,4,7-12H2,1H3,(H,23,27)(H,24,28). The lowest BCUT2D eigenvalue weighted by Gasteiger charge is -2.22. The van der Waals surface area contributed by atoms with Gasteiger partial charge in [0, 0.05) is 37.3 Å². The zero-order valence-electron chi connectivity index (χ0n) is 16.7. The molecule has 10 heteroatoms. The Balaban J connectivity index is 1.43. The average Bonchev–Trinajstić information content (AvgIpc) is 2.98. The number of halogens is 1. The number of hydrogen-bond acceptors (Lipinski definition) is 6. The van der Waals surface area contributed by atoms with Crippen molar-refractivity contribution in [3.05, 3.63) is 50.9 Å². The van der Waals surface area contributed by atoms with Crippen LogP contribution >= 0.6 is 22.9 Å². The maximum Gasteiger partial charge on any atom is 0.255 e. The highest BCUT2D eigenvalue weighted by atomic mass is 35.5. The van der Waals surface area contributed by atoms with Gasteiger partial charge in [-0.3, -0.25) is 30.1 Å². The zero-order chi connectivity index (χ0) is 21.5. The van der Waals surface area contributed by atoms with Gasteiger partial charge in [0.1, 0.15) is 5.01 Å². The molecule has 8 nitrogen and oxygen atoms in total. The molecule has 1 aromatic heterocycles. The van der Waals surface area contributed by atoms with E-state index in [9.17, 15) is 14.4 Å². The number of carbonyl (C=O) groups is 3. The summed E-state index contributed by atoms with van der Waals surface area (Å²) in [7, 11) is 0. The van der Waals surface area contributed by atoms with E-state index in [-0.39, 0.29) is 30.7 Å². The van der Waals surface area contributed by atoms with E-state index in [0.717, 1.165) is 12.1 Å². The zero-order valence-corrected chi connectivity index (χ0v) is 18.3. The van der Waals surface area contributed by atoms with Gasteiger partial charge in [0.25, 0.3) is 11.8 Å². The minimum absolute atomic E-state index is 0.100. The molecular weight excluding hydrogens is 426 g/mol. The van der Waals surface area contributed by atoms with E-state index in [1.54, 1.807) is 29.2 Å². The number of aryl methyl sites for hydroxylation is 1. The van der Waals surface area contributed by atoms with Crippen LogP contribution in [0.5, 0.6) is 0 Å². The van der Waals surface area contributed by atoms with E-state index >= 15 is 0 Å². The Morgan fingerprint density at radius 2 is 1.87 bits per heavy atom. The molecule has 1 saturated heterocycles. The lowest BCUT2D eigenvalue weighted by molar-refractivity contribution is -0.129. The monoisotopic (exact) mass is 449 g/mol. The maximum atomic E-state index is 12.7. The van der Waals surface area contributed by atoms with Crippen molar-refractivity contribution in [1.29, 1.82) is 0 Å². The number of hydrazine groups is 1. The van der Waals surface area contributed by atoms with E-state index in [1.807, 2.05) is 17.2 Å². The molecule has 0 spiro atoms. The number of aromatic nitrogens is 1. The minimum atomic E-state index is -0.315. The SMILES string of the molecule is Cc1csc(CC(=O)NNC(=O)CN2CCCN(C(=O)c3ccccc3Cl)CC2)n1. The summed E-state index contributed by atoms with van der Waals surface area (Å²) in [4.78, 5) is 44.8. The van der Waals surface area contributed by atoms with Gasteiger partial charge in [0.05, 0.1) is 23.6 Å². The molecule has 2 N–H and O–H groups in total. The smallest absolute Gasteiger partial charge is 0.255 e. The van der Waals surface area contributed by atoms with Crippen LogP contribution in [0, 0.1) is 6.92 Å². The van der Waals surface area contributed by atoms with Crippen LogP contribution in [-0.4, -0.2) is 65.2 Å². The number of rotatable bonds is 5. The number of nitrogens with zero attached hydrogens (tertiary/aromatic N) is 3. The number of thiazole rings is 1. The van der Waals surface area contributed by atoms with Crippen molar-refractivity contribution >= 4 is 40.7 Å². The van der Waals surface area contributed by atoms with E-state index in [4.69, 9.17) is 11.6 Å². The second-order valence-electron chi connectivity index (χ2n) is 7.06. The fourth-order valence-corrected chi connectivity index (χ4v) is 4.17. The quantitative estimate of drug-likeness (QED) is 0.677. The number of carbonyl (C=O) groups excluding carboxylic acids is 3. The summed E-state index contributed by atoms with van der Waals surface area (Å²) in [6, 6.07) is 7.00. The second kappa shape index (κ2) is 10.5. The first-order chi connectivity index (χ1) is 14.4. The van der Waals surface area contributed by atoms with Gasteiger partial charge in [-0.25, -0.2) is 4.98 Å². The lowest BCUT2D eigenvalue weighted by Crippen LogP contribution is -2.47. The van der Waals surface area contributed by atoms with Crippen LogP contribution in [0.15, 0.2) is 29.6 Å². The van der Waals surface area contributed by atoms with E-state index in [2.05, 4.69) is 15.8 Å². The number of amides is 3. The molecule has 0 atom stereocenters. The van der Waals surface area contributed by atoms with Crippen LogP contribution in [0.2, 0.25) is 5.02 Å². The van der Waals surface area contributed by atoms with Gasteiger partial charge in [0.2, 0.25) is 5.91 Å². The normalized spacial score (nSPS) is 14.8. The Labute approximate surface area is 184 Å². The molecule has 2 heterocycles. The van der Waals surface area contributed by atoms with Crippen LogP contribution in [0.3, 0.4) is 0 Å². The summed E-state index contributed by atoms with van der Waals surface area (Å²) in [6.45, 7) is 4.37. The van der Waals surface area contributed by atoms with Gasteiger partial charge in [-0.1, -0.05) is 23.7 Å². The van der Waals surface area contributed by atoms with Crippen LogP contribution < -0.4 is 10.9 Å². The number of benzene rings is 1. The predicted molar refractivity (Wildman–Crippen MR) is 115 cm³/mol. The molecule has 3 amide bonds. The molecule has 0 radical (unpaired) electrons. The third kappa shape index (κ3) is 6.25. The third-order valence-corrected chi connectivity index (χ3v) is 5.96. The van der Waals surface area contributed by atoms with Gasteiger partial charge < -0.3 is 4.90 Å². The van der Waals surface area contributed by atoms with Gasteiger partial charge in [0.15, 0.2) is 0 Å². The summed E-state index contributed by atoms with van der Waals surface area (Å²) in [5.41, 5.74) is 6.23. The molecule has 1 fully saturated rings. The molecule has 0 bridgehead atoms. The maximum absolute atomic E-state index is 12.7. The van der Waals surface area contributed by atoms with E-state index < -0.39 is 0 Å². The molecular formula is C20H24ClN5O3S. The van der Waals surface area contributed by atoms with Crippen molar-refractivity contribution < 1.29 is 14.4 Å². The van der Waals surface area contributed by atoms with Gasteiger partial charge in [-0.2, -0.15) is 0 Å². The molecule has 1 aliphatic rings. The highest BCUT2D eigenvalue weighted by molar-refractivity contribution is 7.09. The number of hydrogen-bond donors (Lipinski definition) is 2. The first-order valence-corrected chi connectivity index (χ1v) is 10.9. The Morgan fingerprint density at radius 1 is 1.10 bits per heavy atom. The Morgan fingerprint density at radius 3 is 2.60 bits per heavy atom. The molecule has 160 valence electrons. The van der Waals surface area contributed by atoms with Crippen LogP contribution in [0.4, 0.5) is 0 Å². The fraction of sp³-hybridized carbons (Fsp3) is 0.400. The summed E-state index contributed by atoms with van der Waals surface area (Å²) in [5, 5.41) is 3.02. The largest absolute Gasteiger partial charge is 0.337 e. The Bertz CT molecular complexity index is 919. The number of nitrogens with one attached hydrogen (secondary N) is 2. The van der Waals surface area contributed by atoms with Gasteiger partial charge in [-0.05, 0) is 25.5 Å². The molecule has 0 saturated carbocycles. The fourth-order valence-electron chi connectivity index (χ4n) is 3.18.